The summed E-state index contributed by atoms with van der Waals surface area (Å²) < 4.78 is 5.86. The van der Waals surface area contributed by atoms with Crippen molar-refractivity contribution in [3.05, 3.63) is 32.6 Å². The molecule has 0 atom stereocenters. The van der Waals surface area contributed by atoms with E-state index in [2.05, 4.69) is 37.5 Å². The van der Waals surface area contributed by atoms with E-state index in [0.717, 1.165) is 9.26 Å². The van der Waals surface area contributed by atoms with Crippen LogP contribution in [-0.4, -0.2) is 22.1 Å². The van der Waals surface area contributed by atoms with Gasteiger partial charge in [0.25, 0.3) is 0 Å². The predicted molar refractivity (Wildman–Crippen MR) is 78.1 cm³/mol. The zero-order chi connectivity index (χ0) is 13.1. The number of ether oxygens (including phenoxy) is 1. The van der Waals surface area contributed by atoms with Crippen molar-refractivity contribution in [1.29, 1.82) is 0 Å². The van der Waals surface area contributed by atoms with Crippen molar-refractivity contribution >= 4 is 40.0 Å². The van der Waals surface area contributed by atoms with Crippen molar-refractivity contribution in [2.24, 2.45) is 0 Å². The molecule has 2 aromatic rings. The van der Waals surface area contributed by atoms with Gasteiger partial charge < -0.3 is 10.5 Å². The van der Waals surface area contributed by atoms with Gasteiger partial charge in [-0.1, -0.05) is 11.6 Å². The summed E-state index contributed by atoms with van der Waals surface area (Å²) in [6, 6.07) is 3.48. The van der Waals surface area contributed by atoms with Crippen LogP contribution in [0.25, 0.3) is 11.5 Å². The van der Waals surface area contributed by atoms with Gasteiger partial charge in [-0.2, -0.15) is 0 Å². The van der Waals surface area contributed by atoms with Crippen LogP contribution in [0.2, 0.25) is 5.02 Å². The Bertz CT molecular complexity index is 579. The van der Waals surface area contributed by atoms with E-state index in [-0.39, 0.29) is 0 Å². The van der Waals surface area contributed by atoms with Crippen LogP contribution in [0.1, 0.15) is 5.69 Å². The number of nitrogens with two attached hydrogens (primary N) is 1. The molecule has 0 aromatic carbocycles. The van der Waals surface area contributed by atoms with Gasteiger partial charge in [-0.15, -0.1) is 0 Å². The topological polar surface area (TPSA) is 73.9 Å². The van der Waals surface area contributed by atoms with E-state index in [1.807, 2.05) is 0 Å². The first kappa shape index (κ1) is 13.4. The minimum atomic E-state index is 0.364. The van der Waals surface area contributed by atoms with Crippen LogP contribution in [0.3, 0.4) is 0 Å². The number of hydrogen-bond acceptors (Lipinski definition) is 5. The van der Waals surface area contributed by atoms with E-state index in [0.29, 0.717) is 29.0 Å². The number of methoxy groups -OCH3 is 1. The van der Waals surface area contributed by atoms with Gasteiger partial charge in [0.1, 0.15) is 11.5 Å². The van der Waals surface area contributed by atoms with Crippen LogP contribution in [0.5, 0.6) is 0 Å². The summed E-state index contributed by atoms with van der Waals surface area (Å²) in [6.45, 7) is 0.364. The van der Waals surface area contributed by atoms with Crippen LogP contribution >= 0.6 is 34.2 Å². The molecule has 94 valence electrons. The zero-order valence-electron chi connectivity index (χ0n) is 9.52. The lowest BCUT2D eigenvalue weighted by Crippen LogP contribution is -2.06. The highest BCUT2D eigenvalue weighted by Crippen LogP contribution is 2.25. The Morgan fingerprint density at radius 2 is 2.22 bits per heavy atom. The first-order valence-electron chi connectivity index (χ1n) is 5.05. The number of rotatable bonds is 3. The maximum absolute atomic E-state index is 6.06. The fraction of sp³-hybridized carbons (Fsp3) is 0.182. The smallest absolute Gasteiger partial charge is 0.182 e. The van der Waals surface area contributed by atoms with Gasteiger partial charge >= 0.3 is 0 Å². The number of hydrogen-bond donors (Lipinski definition) is 1. The standard InChI is InChI=1S/C11H10ClIN4O/c1-18-5-7-8(13)10(14)17-11(16-7)9-6(12)3-2-4-15-9/h2-4H,5H2,1H3,(H2,14,16,17). The van der Waals surface area contributed by atoms with Crippen molar-refractivity contribution < 1.29 is 4.74 Å². The molecule has 0 spiro atoms. The van der Waals surface area contributed by atoms with Crippen molar-refractivity contribution in [2.75, 3.05) is 12.8 Å². The van der Waals surface area contributed by atoms with E-state index in [4.69, 9.17) is 22.1 Å². The normalized spacial score (nSPS) is 10.6. The first-order valence-corrected chi connectivity index (χ1v) is 6.51. The summed E-state index contributed by atoms with van der Waals surface area (Å²) in [4.78, 5) is 12.8. The molecule has 0 radical (unpaired) electrons. The summed E-state index contributed by atoms with van der Waals surface area (Å²) in [5, 5.41) is 0.487. The summed E-state index contributed by atoms with van der Waals surface area (Å²) in [5.41, 5.74) is 7.09. The van der Waals surface area contributed by atoms with Crippen LogP contribution in [0.4, 0.5) is 5.82 Å². The Morgan fingerprint density at radius 3 is 2.89 bits per heavy atom. The number of halogens is 2. The van der Waals surface area contributed by atoms with Gasteiger partial charge in [0.2, 0.25) is 0 Å². The molecule has 0 aliphatic carbocycles. The fourth-order valence-electron chi connectivity index (χ4n) is 1.40. The van der Waals surface area contributed by atoms with Crippen molar-refractivity contribution in [1.82, 2.24) is 15.0 Å². The number of nitrogen functional groups attached to an aromatic ring is 1. The molecule has 18 heavy (non-hydrogen) atoms. The molecular weight excluding hydrogens is 367 g/mol. The molecule has 0 saturated carbocycles. The van der Waals surface area contributed by atoms with Crippen molar-refractivity contribution in [3.8, 4) is 11.5 Å². The molecule has 0 bridgehead atoms. The average molecular weight is 377 g/mol. The van der Waals surface area contributed by atoms with Gasteiger partial charge in [-0.25, -0.2) is 9.97 Å². The van der Waals surface area contributed by atoms with Crippen molar-refractivity contribution in [3.63, 3.8) is 0 Å². The van der Waals surface area contributed by atoms with Crippen molar-refractivity contribution in [2.45, 2.75) is 6.61 Å². The molecule has 0 aliphatic rings. The molecule has 0 fully saturated rings. The summed E-state index contributed by atoms with van der Waals surface area (Å²) >= 11 is 8.15. The maximum atomic E-state index is 6.06. The number of anilines is 1. The van der Waals surface area contributed by atoms with Gasteiger partial charge in [-0.05, 0) is 34.7 Å². The number of aromatic nitrogens is 3. The fourth-order valence-corrected chi connectivity index (χ4v) is 2.00. The summed E-state index contributed by atoms with van der Waals surface area (Å²) in [7, 11) is 1.60. The van der Waals surface area contributed by atoms with E-state index in [9.17, 15) is 0 Å². The van der Waals surface area contributed by atoms with Crippen LogP contribution in [0, 0.1) is 3.57 Å². The highest BCUT2D eigenvalue weighted by molar-refractivity contribution is 14.1. The lowest BCUT2D eigenvalue weighted by molar-refractivity contribution is 0.181. The highest BCUT2D eigenvalue weighted by atomic mass is 127. The van der Waals surface area contributed by atoms with Gasteiger partial charge in [0, 0.05) is 13.3 Å². The Labute approximate surface area is 123 Å². The molecule has 0 aliphatic heterocycles. The zero-order valence-corrected chi connectivity index (χ0v) is 12.4. The minimum Gasteiger partial charge on any atom is -0.383 e. The third-order valence-electron chi connectivity index (χ3n) is 2.20. The Kier molecular flexibility index (Phi) is 4.31. The Morgan fingerprint density at radius 1 is 1.44 bits per heavy atom. The molecule has 2 N–H and O–H groups in total. The molecular formula is C11H10ClIN4O. The van der Waals surface area contributed by atoms with Crippen LogP contribution < -0.4 is 5.73 Å². The van der Waals surface area contributed by atoms with E-state index in [1.54, 1.807) is 25.4 Å². The molecule has 7 heteroatoms. The molecule has 0 amide bonds. The van der Waals surface area contributed by atoms with Gasteiger partial charge in [0.15, 0.2) is 5.82 Å². The second-order valence-electron chi connectivity index (χ2n) is 3.46. The minimum absolute atomic E-state index is 0.364. The third kappa shape index (κ3) is 2.70. The Hall–Kier alpha value is -0.990. The van der Waals surface area contributed by atoms with E-state index < -0.39 is 0 Å². The number of pyridine rings is 1. The molecule has 5 nitrogen and oxygen atoms in total. The first-order chi connectivity index (χ1) is 8.63. The molecule has 2 aromatic heterocycles. The highest BCUT2D eigenvalue weighted by Gasteiger charge is 2.14. The summed E-state index contributed by atoms with van der Waals surface area (Å²) in [6.07, 6.45) is 1.63. The molecule has 0 saturated heterocycles. The third-order valence-corrected chi connectivity index (χ3v) is 3.68. The second kappa shape index (κ2) is 5.77. The largest absolute Gasteiger partial charge is 0.383 e. The van der Waals surface area contributed by atoms with E-state index >= 15 is 0 Å². The van der Waals surface area contributed by atoms with Crippen LogP contribution in [-0.2, 0) is 11.3 Å². The molecule has 2 rings (SSSR count). The average Bonchev–Trinajstić information content (AvgIpc) is 2.35. The lowest BCUT2D eigenvalue weighted by atomic mass is 10.3. The quantitative estimate of drug-likeness (QED) is 0.833. The predicted octanol–water partition coefficient (Wildman–Crippen LogP) is 2.53. The SMILES string of the molecule is COCc1nc(-c2ncccc2Cl)nc(N)c1I. The maximum Gasteiger partial charge on any atom is 0.182 e. The second-order valence-corrected chi connectivity index (χ2v) is 4.95. The summed E-state index contributed by atoms with van der Waals surface area (Å²) in [5.74, 6) is 0.805. The van der Waals surface area contributed by atoms with Gasteiger partial charge in [-0.3, -0.25) is 4.98 Å². The van der Waals surface area contributed by atoms with E-state index in [1.165, 1.54) is 0 Å². The molecule has 0 unspecified atom stereocenters. The lowest BCUT2D eigenvalue weighted by Gasteiger charge is -2.08. The van der Waals surface area contributed by atoms with Crippen LogP contribution in [0.15, 0.2) is 18.3 Å². The number of nitrogens with zero attached hydrogens (tertiary/aromatic N) is 3. The van der Waals surface area contributed by atoms with Gasteiger partial charge in [0.05, 0.1) is 20.9 Å². The molecule has 2 heterocycles. The Balaban J connectivity index is 2.56. The monoisotopic (exact) mass is 376 g/mol.